The summed E-state index contributed by atoms with van der Waals surface area (Å²) in [6.07, 6.45) is 2.37. The number of hydrogen-bond acceptors (Lipinski definition) is 1. The summed E-state index contributed by atoms with van der Waals surface area (Å²) in [4.78, 5) is 0. The van der Waals surface area contributed by atoms with Gasteiger partial charge in [-0.05, 0) is 0 Å². The molecule has 0 saturated heterocycles. The molecule has 5 aromatic rings. The van der Waals surface area contributed by atoms with Crippen LogP contribution >= 0.6 is 0 Å². The molecule has 0 spiro atoms. The number of fused-ring (bicyclic) bond motifs is 1. The summed E-state index contributed by atoms with van der Waals surface area (Å²) in [6.45, 7) is 0. The van der Waals surface area contributed by atoms with Crippen molar-refractivity contribution in [3.05, 3.63) is 162 Å². The third-order valence-electron chi connectivity index (χ3n) is 7.35. The van der Waals surface area contributed by atoms with Crippen LogP contribution in [0.5, 0.6) is 0 Å². The van der Waals surface area contributed by atoms with Gasteiger partial charge in [0.25, 0.3) is 0 Å². The van der Waals surface area contributed by atoms with Crippen LogP contribution in [0.25, 0.3) is 11.6 Å². The Bertz CT molecular complexity index is 1480. The maximum atomic E-state index is 6.79. The molecular weight excluding hydrogens is 543 g/mol. The van der Waals surface area contributed by atoms with Gasteiger partial charge >= 0.3 is 218 Å². The zero-order valence-corrected chi connectivity index (χ0v) is 24.2. The van der Waals surface area contributed by atoms with E-state index in [0.717, 1.165) is 0 Å². The van der Waals surface area contributed by atoms with E-state index in [9.17, 15) is 0 Å². The van der Waals surface area contributed by atoms with Crippen LogP contribution in [0.1, 0.15) is 28.2 Å². The maximum Gasteiger partial charge on any atom is -1.00 e. The van der Waals surface area contributed by atoms with Crippen molar-refractivity contribution in [2.24, 2.45) is 0 Å². The first-order valence-corrected chi connectivity index (χ1v) is 15.4. The molecule has 0 fully saturated rings. The van der Waals surface area contributed by atoms with Crippen LogP contribution in [0.2, 0.25) is 0 Å². The van der Waals surface area contributed by atoms with Crippen LogP contribution in [0, 0.1) is 0 Å². The van der Waals surface area contributed by atoms with E-state index in [2.05, 4.69) is 146 Å². The smallest absolute Gasteiger partial charge is 1.00 e. The van der Waals surface area contributed by atoms with E-state index in [0.29, 0.717) is 0 Å². The van der Waals surface area contributed by atoms with E-state index >= 15 is 0 Å². The number of rotatable bonds is 6. The van der Waals surface area contributed by atoms with Gasteiger partial charge in [-0.2, -0.15) is 0 Å². The van der Waals surface area contributed by atoms with Gasteiger partial charge in [0.15, 0.2) is 0 Å². The van der Waals surface area contributed by atoms with Crippen molar-refractivity contribution in [3.63, 3.8) is 0 Å². The number of halogens is 2. The molecule has 0 radical (unpaired) electrons. The fraction of sp³-hybridized carbons (Fsp3) is 0.0588. The molecule has 1 aliphatic carbocycles. The summed E-state index contributed by atoms with van der Waals surface area (Å²) in [5.74, 6) is 0.146. The zero-order valence-electron chi connectivity index (χ0n) is 21.1. The van der Waals surface area contributed by atoms with Crippen LogP contribution in [-0.2, 0) is 20.3 Å². The largest absolute Gasteiger partial charge is 1.00 e. The second-order valence-corrected chi connectivity index (χ2v) is 14.6. The van der Waals surface area contributed by atoms with E-state index in [1.54, 1.807) is 0 Å². The van der Waals surface area contributed by atoms with Crippen molar-refractivity contribution in [1.82, 2.24) is 0 Å². The fourth-order valence-electron chi connectivity index (χ4n) is 5.78. The Kier molecular flexibility index (Phi) is 9.10. The van der Waals surface area contributed by atoms with Gasteiger partial charge in [-0.3, -0.25) is 0 Å². The summed E-state index contributed by atoms with van der Waals surface area (Å²) in [6, 6.07) is 50.4. The summed E-state index contributed by atoms with van der Waals surface area (Å²) in [5, 5.41) is 0. The molecule has 1 aliphatic rings. The van der Waals surface area contributed by atoms with Gasteiger partial charge < -0.3 is 24.8 Å². The maximum absolute atomic E-state index is 6.79. The van der Waals surface area contributed by atoms with E-state index in [1.807, 2.05) is 7.11 Å². The predicted molar refractivity (Wildman–Crippen MR) is 148 cm³/mol. The second-order valence-electron chi connectivity index (χ2n) is 9.23. The van der Waals surface area contributed by atoms with E-state index in [-0.39, 0.29) is 30.7 Å². The Morgan fingerprint density at radius 2 is 1.00 bits per heavy atom. The minimum absolute atomic E-state index is 0. The average Bonchev–Trinajstić information content (AvgIpc) is 3.35. The van der Waals surface area contributed by atoms with E-state index < -0.39 is 17.0 Å². The van der Waals surface area contributed by atoms with Crippen molar-refractivity contribution in [1.29, 1.82) is 0 Å². The number of allylic oxidation sites excluding steroid dienone is 1. The van der Waals surface area contributed by atoms with Gasteiger partial charge in [0.2, 0.25) is 0 Å². The molecule has 0 amide bonds. The van der Waals surface area contributed by atoms with Gasteiger partial charge in [0, 0.05) is 0 Å². The van der Waals surface area contributed by atoms with Gasteiger partial charge in [0.05, 0.1) is 0 Å². The molecule has 38 heavy (non-hydrogen) atoms. The molecule has 4 heteroatoms. The molecule has 5 aromatic carbocycles. The van der Waals surface area contributed by atoms with Crippen molar-refractivity contribution in [2.45, 2.75) is 5.92 Å². The standard InChI is InChI=1S/C21H15.2C6H5.CH3O.2ClH.Ti/c1-3-9-16(10-4-1)20-15-18-13-7-8-14-19(18)21(20)17-11-5-2-6-12-17;2*1-2-4-6-5-3-1;1-2;;;/h1-11,13-15,21H;2*1-5H;1H3;2*1H;/q;;;-1;;;+3/p-2. The molecule has 0 saturated carbocycles. The summed E-state index contributed by atoms with van der Waals surface area (Å²) in [7, 11) is 1.91. The quantitative estimate of drug-likeness (QED) is 0.268. The summed E-state index contributed by atoms with van der Waals surface area (Å²) < 4.78 is 10.7. The molecule has 1 nitrogen and oxygen atoms in total. The Balaban J connectivity index is 0.00000168. The van der Waals surface area contributed by atoms with E-state index in [4.69, 9.17) is 3.32 Å². The SMILES string of the molecule is C[O][Ti+2]([c]1ccccc1)([c]1ccccc1)[c]1ccccc1C1C(c2ccccc2)=Cc2ccccc21.[Cl-].[Cl-]. The Hall–Kier alpha value is -2.91. The normalized spacial score (nSPS) is 13.6. The van der Waals surface area contributed by atoms with Crippen LogP contribution in [0.4, 0.5) is 0 Å². The summed E-state index contributed by atoms with van der Waals surface area (Å²) >= 11 is -3.50. The van der Waals surface area contributed by atoms with Crippen molar-refractivity contribution in [2.75, 3.05) is 7.11 Å². The molecule has 0 N–H and O–H groups in total. The third kappa shape index (κ3) is 4.82. The Labute approximate surface area is 241 Å². The van der Waals surface area contributed by atoms with E-state index in [1.165, 1.54) is 39.4 Å². The zero-order chi connectivity index (χ0) is 24.4. The molecular formula is C34H28Cl2OTi. The third-order valence-corrected chi connectivity index (χ3v) is 13.8. The van der Waals surface area contributed by atoms with Crippen molar-refractivity contribution < 1.29 is 45.1 Å². The molecule has 0 aromatic heterocycles. The van der Waals surface area contributed by atoms with Crippen molar-refractivity contribution in [3.8, 4) is 0 Å². The van der Waals surface area contributed by atoms with Crippen LogP contribution in [0.15, 0.2) is 140 Å². The second kappa shape index (κ2) is 12.3. The molecule has 1 unspecified atom stereocenters. The Morgan fingerprint density at radius 1 is 0.526 bits per heavy atom. The van der Waals surface area contributed by atoms with Gasteiger partial charge in [-0.25, -0.2) is 0 Å². The minimum atomic E-state index is -3.50. The van der Waals surface area contributed by atoms with Gasteiger partial charge in [-0.1, -0.05) is 0 Å². The first-order chi connectivity index (χ1) is 17.8. The van der Waals surface area contributed by atoms with Gasteiger partial charge in [0.1, 0.15) is 0 Å². The topological polar surface area (TPSA) is 9.23 Å². The monoisotopic (exact) mass is 570 g/mol. The molecule has 188 valence electrons. The number of benzene rings is 5. The van der Waals surface area contributed by atoms with Crippen LogP contribution < -0.4 is 36.4 Å². The molecule has 1 atom stereocenters. The number of hydrogen-bond donors (Lipinski definition) is 0. The predicted octanol–water partition coefficient (Wildman–Crippen LogP) is 0.372. The Morgan fingerprint density at radius 3 is 1.58 bits per heavy atom. The van der Waals surface area contributed by atoms with Gasteiger partial charge in [-0.15, -0.1) is 0 Å². The minimum Gasteiger partial charge on any atom is -1.00 e. The van der Waals surface area contributed by atoms with Crippen LogP contribution in [0.3, 0.4) is 0 Å². The first kappa shape index (κ1) is 28.1. The molecule has 0 bridgehead atoms. The molecule has 6 rings (SSSR count). The average molecular weight is 571 g/mol. The summed E-state index contributed by atoms with van der Waals surface area (Å²) in [5.41, 5.74) is 6.61. The first-order valence-electron chi connectivity index (χ1n) is 12.4. The fourth-order valence-corrected chi connectivity index (χ4v) is 11.9. The van der Waals surface area contributed by atoms with Crippen LogP contribution in [-0.4, -0.2) is 7.11 Å². The molecule has 0 aliphatic heterocycles. The van der Waals surface area contributed by atoms with Crippen molar-refractivity contribution >= 4 is 23.3 Å². The molecule has 0 heterocycles.